The predicted octanol–water partition coefficient (Wildman–Crippen LogP) is -0.181. The second kappa shape index (κ2) is 7.43. The minimum absolute atomic E-state index is 0.0443. The third-order valence-electron chi connectivity index (χ3n) is 1.96. The van der Waals surface area contributed by atoms with Gasteiger partial charge in [0.15, 0.2) is 0 Å². The van der Waals surface area contributed by atoms with Crippen LogP contribution in [0.15, 0.2) is 0 Å². The molecule has 0 bridgehead atoms. The van der Waals surface area contributed by atoms with Crippen molar-refractivity contribution in [1.82, 2.24) is 0 Å². The Bertz CT molecular complexity index is 399. The van der Waals surface area contributed by atoms with Crippen LogP contribution in [0.1, 0.15) is 27.2 Å². The Kier molecular flexibility index (Phi) is 6.63. The molecule has 0 aliphatic rings. The molecule has 1 unspecified atom stereocenters. The Morgan fingerprint density at radius 2 is 1.65 bits per heavy atom. The van der Waals surface area contributed by atoms with Crippen LogP contribution >= 0.6 is 0 Å². The third kappa shape index (κ3) is 6.69. The lowest BCUT2D eigenvalue weighted by atomic mass is 10.0. The molecule has 0 aliphatic heterocycles. The van der Waals surface area contributed by atoms with Gasteiger partial charge in [0.25, 0.3) is 0 Å². The molecule has 0 aliphatic carbocycles. The molecule has 0 heterocycles. The third-order valence-corrected chi connectivity index (χ3v) is 1.96. The minimum Gasteiger partial charge on any atom is -0.473 e. The maximum atomic E-state index is 11.1. The van der Waals surface area contributed by atoms with E-state index in [9.17, 15) is 19.2 Å². The van der Waals surface area contributed by atoms with E-state index in [4.69, 9.17) is 9.84 Å². The van der Waals surface area contributed by atoms with Crippen molar-refractivity contribution in [2.75, 3.05) is 7.11 Å². The average molecular weight is 292 g/mol. The fourth-order valence-electron chi connectivity index (χ4n) is 1.27. The van der Waals surface area contributed by atoms with Gasteiger partial charge in [0.05, 0.1) is 7.11 Å². The van der Waals surface area contributed by atoms with Gasteiger partial charge in [-0.15, -0.1) is 0 Å². The number of hydrogen-bond donors (Lipinski definition) is 1. The second-order valence-corrected chi connectivity index (χ2v) is 4.43. The van der Waals surface area contributed by atoms with Crippen molar-refractivity contribution >= 4 is 23.9 Å². The number of carbonyl (C=O) groups excluding carboxylic acids is 3. The zero-order valence-corrected chi connectivity index (χ0v) is 11.5. The second-order valence-electron chi connectivity index (χ2n) is 4.43. The molecule has 0 amide bonds. The molecule has 20 heavy (non-hydrogen) atoms. The quantitative estimate of drug-likeness (QED) is 0.318. The summed E-state index contributed by atoms with van der Waals surface area (Å²) in [4.78, 5) is 51.6. The van der Waals surface area contributed by atoms with Crippen LogP contribution in [0.25, 0.3) is 0 Å². The zero-order chi connectivity index (χ0) is 15.9. The van der Waals surface area contributed by atoms with Crippen molar-refractivity contribution in [3.05, 3.63) is 0 Å². The van der Waals surface area contributed by atoms with E-state index in [1.165, 1.54) is 20.8 Å². The average Bonchev–Trinajstić information content (AvgIpc) is 2.33. The fourth-order valence-corrected chi connectivity index (χ4v) is 1.27. The SMILES string of the molecule is COC(=O)C(=O)OC(C)CC(C)(C)OOC(=O)C(=O)O. The summed E-state index contributed by atoms with van der Waals surface area (Å²) in [6.45, 7) is 4.43. The van der Waals surface area contributed by atoms with Gasteiger partial charge in [0, 0.05) is 6.42 Å². The maximum Gasteiger partial charge on any atom is 0.449 e. The van der Waals surface area contributed by atoms with Crippen LogP contribution in [0.4, 0.5) is 0 Å². The lowest BCUT2D eigenvalue weighted by Crippen LogP contribution is -2.34. The monoisotopic (exact) mass is 292 g/mol. The minimum atomic E-state index is -1.80. The summed E-state index contributed by atoms with van der Waals surface area (Å²) in [7, 11) is 1.03. The van der Waals surface area contributed by atoms with Gasteiger partial charge in [0.1, 0.15) is 11.7 Å². The molecule has 0 spiro atoms. The van der Waals surface area contributed by atoms with E-state index in [1.807, 2.05) is 0 Å². The van der Waals surface area contributed by atoms with Crippen molar-refractivity contribution in [3.8, 4) is 0 Å². The Morgan fingerprint density at radius 3 is 2.10 bits per heavy atom. The molecule has 0 aromatic rings. The van der Waals surface area contributed by atoms with Gasteiger partial charge >= 0.3 is 23.9 Å². The summed E-state index contributed by atoms with van der Waals surface area (Å²) in [6.07, 6.45) is -0.706. The number of carboxylic acids is 1. The molecule has 114 valence electrons. The maximum absolute atomic E-state index is 11.1. The Labute approximate surface area is 114 Å². The smallest absolute Gasteiger partial charge is 0.449 e. The molecule has 9 heteroatoms. The number of carbonyl (C=O) groups is 4. The lowest BCUT2D eigenvalue weighted by Gasteiger charge is -2.25. The molecule has 0 radical (unpaired) electrons. The first-order valence-electron chi connectivity index (χ1n) is 5.51. The molecule has 1 atom stereocenters. The van der Waals surface area contributed by atoms with Crippen LogP contribution in [0.2, 0.25) is 0 Å². The van der Waals surface area contributed by atoms with Crippen molar-refractivity contribution in [2.45, 2.75) is 38.9 Å². The topological polar surface area (TPSA) is 125 Å². The first kappa shape index (κ1) is 17.8. The molecule has 0 aromatic carbocycles. The Morgan fingerprint density at radius 1 is 1.10 bits per heavy atom. The Balaban J connectivity index is 4.31. The van der Waals surface area contributed by atoms with Gasteiger partial charge in [-0.1, -0.05) is 0 Å². The van der Waals surface area contributed by atoms with E-state index >= 15 is 0 Å². The number of hydrogen-bond acceptors (Lipinski definition) is 8. The van der Waals surface area contributed by atoms with Crippen molar-refractivity contribution in [2.24, 2.45) is 0 Å². The highest BCUT2D eigenvalue weighted by Gasteiger charge is 2.29. The number of esters is 2. The standard InChI is InChI=1S/C11H16O9/c1-6(18-10(16)9(15)17-4)5-11(2,3)20-19-8(14)7(12)13/h6H,5H2,1-4H3,(H,12,13). The summed E-state index contributed by atoms with van der Waals surface area (Å²) in [6, 6.07) is 0. The highest BCUT2D eigenvalue weighted by molar-refractivity contribution is 6.29. The van der Waals surface area contributed by atoms with Crippen LogP contribution in [0.5, 0.6) is 0 Å². The number of rotatable bonds is 5. The molecule has 0 saturated heterocycles. The van der Waals surface area contributed by atoms with Gasteiger partial charge in [-0.3, -0.25) is 4.89 Å². The lowest BCUT2D eigenvalue weighted by molar-refractivity contribution is -0.327. The number of aliphatic carboxylic acids is 1. The molecule has 0 fully saturated rings. The molecule has 1 N–H and O–H groups in total. The van der Waals surface area contributed by atoms with Crippen LogP contribution in [0, 0.1) is 0 Å². The normalized spacial score (nSPS) is 12.2. The zero-order valence-electron chi connectivity index (χ0n) is 11.5. The van der Waals surface area contributed by atoms with E-state index in [1.54, 1.807) is 0 Å². The van der Waals surface area contributed by atoms with Crippen LogP contribution in [0.3, 0.4) is 0 Å². The van der Waals surface area contributed by atoms with Gasteiger partial charge in [-0.05, 0) is 20.8 Å². The molecule has 0 rings (SSSR count). The van der Waals surface area contributed by atoms with Gasteiger partial charge < -0.3 is 14.6 Å². The largest absolute Gasteiger partial charge is 0.473 e. The molecule has 0 saturated carbocycles. The van der Waals surface area contributed by atoms with Gasteiger partial charge in [-0.2, -0.15) is 4.89 Å². The summed E-state index contributed by atoms with van der Waals surface area (Å²) in [5.74, 6) is -5.69. The predicted molar refractivity (Wildman–Crippen MR) is 61.1 cm³/mol. The van der Waals surface area contributed by atoms with E-state index in [0.717, 1.165) is 7.11 Å². The van der Waals surface area contributed by atoms with Crippen molar-refractivity contribution < 1.29 is 43.5 Å². The summed E-state index contributed by atoms with van der Waals surface area (Å²) < 4.78 is 8.91. The molecular weight excluding hydrogens is 276 g/mol. The van der Waals surface area contributed by atoms with Gasteiger partial charge in [0.2, 0.25) is 0 Å². The molecule has 0 aromatic heterocycles. The van der Waals surface area contributed by atoms with Crippen LogP contribution in [-0.2, 0) is 38.4 Å². The van der Waals surface area contributed by atoms with Gasteiger partial charge in [-0.25, -0.2) is 19.2 Å². The summed E-state index contributed by atoms with van der Waals surface area (Å²) >= 11 is 0. The number of ether oxygens (including phenoxy) is 2. The van der Waals surface area contributed by atoms with E-state index in [0.29, 0.717) is 0 Å². The van der Waals surface area contributed by atoms with Crippen LogP contribution in [-0.4, -0.2) is 47.8 Å². The summed E-state index contributed by atoms with van der Waals surface area (Å²) in [5, 5.41) is 8.29. The number of methoxy groups -OCH3 is 1. The first-order chi connectivity index (χ1) is 9.09. The number of carboxylic acid groups (broad SMARTS) is 1. The van der Waals surface area contributed by atoms with E-state index in [-0.39, 0.29) is 6.42 Å². The fraction of sp³-hybridized carbons (Fsp3) is 0.636. The van der Waals surface area contributed by atoms with E-state index < -0.39 is 35.6 Å². The van der Waals surface area contributed by atoms with Crippen LogP contribution < -0.4 is 0 Å². The van der Waals surface area contributed by atoms with E-state index in [2.05, 4.69) is 14.5 Å². The molecular formula is C11H16O9. The molecule has 9 nitrogen and oxygen atoms in total. The van der Waals surface area contributed by atoms with Crippen molar-refractivity contribution in [1.29, 1.82) is 0 Å². The Hall–Kier alpha value is -2.16. The highest BCUT2D eigenvalue weighted by atomic mass is 17.2. The highest BCUT2D eigenvalue weighted by Crippen LogP contribution is 2.19. The van der Waals surface area contributed by atoms with Crippen molar-refractivity contribution in [3.63, 3.8) is 0 Å². The summed E-state index contributed by atoms with van der Waals surface area (Å²) in [5.41, 5.74) is -1.12. The first-order valence-corrected chi connectivity index (χ1v) is 5.51.